The molecule has 3 rings (SSSR count). The number of hydrogen-bond acceptors (Lipinski definition) is 5. The number of nitrogens with one attached hydrogen (secondary N) is 1. The first-order valence-electron chi connectivity index (χ1n) is 5.10. The smallest absolute Gasteiger partial charge is 0.183 e. The number of imidazole rings is 1. The average Bonchev–Trinajstić information content (AvgIpc) is 2.77. The molecule has 2 aromatic heterocycles. The number of fused-ring (bicyclic) bond motifs is 1. The van der Waals surface area contributed by atoms with Crippen LogP contribution in [0.3, 0.4) is 0 Å². The van der Waals surface area contributed by atoms with Crippen molar-refractivity contribution in [3.05, 3.63) is 29.0 Å². The molecule has 0 spiro atoms. The maximum atomic E-state index is 9.83. The summed E-state index contributed by atoms with van der Waals surface area (Å²) in [7, 11) is 0. The summed E-state index contributed by atoms with van der Waals surface area (Å²) >= 11 is 3.35. The number of phenolic OH excluding ortho intramolecular Hbond substituents is 1. The Bertz CT molecular complexity index is 739. The molecule has 2 heterocycles. The van der Waals surface area contributed by atoms with Gasteiger partial charge in [0, 0.05) is 4.47 Å². The number of nitrogen functional groups attached to an aromatic ring is 1. The van der Waals surface area contributed by atoms with E-state index in [4.69, 9.17) is 5.73 Å². The van der Waals surface area contributed by atoms with Gasteiger partial charge in [0.25, 0.3) is 0 Å². The Kier molecular flexibility index (Phi) is 2.41. The van der Waals surface area contributed by atoms with E-state index >= 15 is 0 Å². The lowest BCUT2D eigenvalue weighted by molar-refractivity contribution is 0.477. The molecular formula is C11H8BrN5O. The Morgan fingerprint density at radius 2 is 2.11 bits per heavy atom. The van der Waals surface area contributed by atoms with E-state index in [1.807, 2.05) is 0 Å². The van der Waals surface area contributed by atoms with Crippen LogP contribution in [-0.2, 0) is 0 Å². The molecule has 6 nitrogen and oxygen atoms in total. The second-order valence-corrected chi connectivity index (χ2v) is 4.62. The Morgan fingerprint density at radius 3 is 2.89 bits per heavy atom. The molecule has 0 fully saturated rings. The minimum atomic E-state index is 0.129. The number of aromatic nitrogens is 4. The molecule has 90 valence electrons. The number of aromatic hydroxyl groups is 1. The highest BCUT2D eigenvalue weighted by Crippen LogP contribution is 2.31. The zero-order chi connectivity index (χ0) is 12.7. The highest BCUT2D eigenvalue weighted by atomic mass is 79.9. The van der Waals surface area contributed by atoms with Crippen LogP contribution in [0.5, 0.6) is 5.75 Å². The summed E-state index contributed by atoms with van der Waals surface area (Å²) in [6.07, 6.45) is 1.35. The van der Waals surface area contributed by atoms with Crippen molar-refractivity contribution in [2.45, 2.75) is 0 Å². The van der Waals surface area contributed by atoms with Gasteiger partial charge < -0.3 is 15.8 Å². The van der Waals surface area contributed by atoms with Gasteiger partial charge in [-0.2, -0.15) is 0 Å². The Balaban J connectivity index is 2.26. The number of aromatic amines is 1. The zero-order valence-electron chi connectivity index (χ0n) is 9.05. The first-order valence-corrected chi connectivity index (χ1v) is 5.89. The number of anilines is 1. The standard InChI is InChI=1S/C11H8BrN5O/c12-5-1-2-7(18)6(3-5)10-16-8-9(13)14-4-15-11(8)17-10/h1-4,18H,(H3,13,14,15,16,17). The molecule has 0 atom stereocenters. The molecule has 0 aliphatic carbocycles. The maximum Gasteiger partial charge on any atom is 0.183 e. The lowest BCUT2D eigenvalue weighted by Gasteiger charge is -2.01. The van der Waals surface area contributed by atoms with Crippen LogP contribution in [0.4, 0.5) is 5.82 Å². The molecule has 7 heteroatoms. The molecule has 0 aliphatic heterocycles. The van der Waals surface area contributed by atoms with Gasteiger partial charge in [-0.05, 0) is 18.2 Å². The number of halogens is 1. The quantitative estimate of drug-likeness (QED) is 0.639. The molecular weight excluding hydrogens is 298 g/mol. The van der Waals surface area contributed by atoms with E-state index in [9.17, 15) is 5.11 Å². The first-order chi connectivity index (χ1) is 8.65. The van der Waals surface area contributed by atoms with E-state index in [-0.39, 0.29) is 5.75 Å². The Morgan fingerprint density at radius 1 is 1.28 bits per heavy atom. The number of nitrogens with zero attached hydrogens (tertiary/aromatic N) is 3. The van der Waals surface area contributed by atoms with E-state index in [1.165, 1.54) is 6.33 Å². The van der Waals surface area contributed by atoms with Crippen molar-refractivity contribution in [2.24, 2.45) is 0 Å². The predicted octanol–water partition coefficient (Wildman–Crippen LogP) is 2.07. The third-order valence-corrected chi connectivity index (χ3v) is 3.02. The number of hydrogen-bond donors (Lipinski definition) is 3. The van der Waals surface area contributed by atoms with Gasteiger partial charge in [0.1, 0.15) is 23.4 Å². The van der Waals surface area contributed by atoms with Gasteiger partial charge in [0.2, 0.25) is 0 Å². The van der Waals surface area contributed by atoms with E-state index in [2.05, 4.69) is 35.9 Å². The number of rotatable bonds is 1. The van der Waals surface area contributed by atoms with Crippen molar-refractivity contribution in [1.29, 1.82) is 0 Å². The number of phenols is 1. The molecule has 18 heavy (non-hydrogen) atoms. The van der Waals surface area contributed by atoms with Crippen molar-refractivity contribution in [3.63, 3.8) is 0 Å². The molecule has 0 saturated carbocycles. The molecule has 0 aliphatic rings. The average molecular weight is 306 g/mol. The Hall–Kier alpha value is -2.15. The van der Waals surface area contributed by atoms with Crippen LogP contribution in [0.15, 0.2) is 29.0 Å². The summed E-state index contributed by atoms with van der Waals surface area (Å²) in [6, 6.07) is 5.09. The highest BCUT2D eigenvalue weighted by molar-refractivity contribution is 9.10. The van der Waals surface area contributed by atoms with Gasteiger partial charge in [0.15, 0.2) is 11.5 Å². The summed E-state index contributed by atoms with van der Waals surface area (Å²) in [5.41, 5.74) is 7.32. The second kappa shape index (κ2) is 3.95. The SMILES string of the molecule is Nc1ncnc2nc(-c3cc(Br)ccc3O)[nH]c12. The van der Waals surface area contributed by atoms with Gasteiger partial charge >= 0.3 is 0 Å². The minimum absolute atomic E-state index is 0.129. The van der Waals surface area contributed by atoms with Crippen molar-refractivity contribution in [3.8, 4) is 17.1 Å². The second-order valence-electron chi connectivity index (χ2n) is 3.70. The molecule has 0 radical (unpaired) electrons. The van der Waals surface area contributed by atoms with Crippen molar-refractivity contribution >= 4 is 32.9 Å². The fraction of sp³-hybridized carbons (Fsp3) is 0. The van der Waals surface area contributed by atoms with E-state index in [0.717, 1.165) is 4.47 Å². The predicted molar refractivity (Wildman–Crippen MR) is 70.9 cm³/mol. The van der Waals surface area contributed by atoms with Gasteiger partial charge in [-0.1, -0.05) is 15.9 Å². The lowest BCUT2D eigenvalue weighted by atomic mass is 10.2. The fourth-order valence-corrected chi connectivity index (χ4v) is 2.03. The molecule has 0 saturated heterocycles. The third kappa shape index (κ3) is 1.68. The van der Waals surface area contributed by atoms with Crippen molar-refractivity contribution < 1.29 is 5.11 Å². The maximum absolute atomic E-state index is 9.83. The third-order valence-electron chi connectivity index (χ3n) is 2.53. The molecule has 3 aromatic rings. The molecule has 0 amide bonds. The number of H-pyrrole nitrogens is 1. The highest BCUT2D eigenvalue weighted by Gasteiger charge is 2.12. The molecule has 0 bridgehead atoms. The fourth-order valence-electron chi connectivity index (χ4n) is 1.67. The summed E-state index contributed by atoms with van der Waals surface area (Å²) in [5, 5.41) is 9.83. The van der Waals surface area contributed by atoms with Crippen LogP contribution < -0.4 is 5.73 Å². The number of benzene rings is 1. The first kappa shape index (κ1) is 11.0. The summed E-state index contributed by atoms with van der Waals surface area (Å²) < 4.78 is 0.842. The molecule has 0 unspecified atom stereocenters. The normalized spacial score (nSPS) is 10.9. The summed E-state index contributed by atoms with van der Waals surface area (Å²) in [4.78, 5) is 15.2. The van der Waals surface area contributed by atoms with Crippen molar-refractivity contribution in [1.82, 2.24) is 19.9 Å². The van der Waals surface area contributed by atoms with Crippen LogP contribution >= 0.6 is 15.9 Å². The summed E-state index contributed by atoms with van der Waals surface area (Å²) in [6.45, 7) is 0. The van der Waals surface area contributed by atoms with E-state index < -0.39 is 0 Å². The number of nitrogens with two attached hydrogens (primary N) is 1. The van der Waals surface area contributed by atoms with Crippen LogP contribution in [0.25, 0.3) is 22.6 Å². The van der Waals surface area contributed by atoms with Gasteiger partial charge in [0.05, 0.1) is 5.56 Å². The topological polar surface area (TPSA) is 101 Å². The minimum Gasteiger partial charge on any atom is -0.507 e. The molecule has 1 aromatic carbocycles. The van der Waals surface area contributed by atoms with Gasteiger partial charge in [-0.15, -0.1) is 0 Å². The van der Waals surface area contributed by atoms with Crippen molar-refractivity contribution in [2.75, 3.05) is 5.73 Å². The van der Waals surface area contributed by atoms with Crippen LogP contribution in [-0.4, -0.2) is 25.0 Å². The van der Waals surface area contributed by atoms with E-state index in [1.54, 1.807) is 18.2 Å². The van der Waals surface area contributed by atoms with Gasteiger partial charge in [-0.3, -0.25) is 0 Å². The lowest BCUT2D eigenvalue weighted by Crippen LogP contribution is -1.91. The van der Waals surface area contributed by atoms with E-state index in [0.29, 0.717) is 28.4 Å². The zero-order valence-corrected chi connectivity index (χ0v) is 10.6. The Labute approximate surface area is 110 Å². The monoisotopic (exact) mass is 305 g/mol. The molecule has 4 N–H and O–H groups in total. The van der Waals surface area contributed by atoms with Gasteiger partial charge in [-0.25, -0.2) is 15.0 Å². The van der Waals surface area contributed by atoms with Crippen LogP contribution in [0.1, 0.15) is 0 Å². The van der Waals surface area contributed by atoms with Crippen LogP contribution in [0, 0.1) is 0 Å². The summed E-state index contributed by atoms with van der Waals surface area (Å²) in [5.74, 6) is 0.952. The largest absolute Gasteiger partial charge is 0.507 e. The van der Waals surface area contributed by atoms with Crippen LogP contribution in [0.2, 0.25) is 0 Å².